The van der Waals surface area contributed by atoms with Gasteiger partial charge in [0.15, 0.2) is 11.3 Å². The fourth-order valence-corrected chi connectivity index (χ4v) is 5.06. The van der Waals surface area contributed by atoms with Crippen molar-refractivity contribution in [1.29, 1.82) is 0 Å². The van der Waals surface area contributed by atoms with Crippen molar-refractivity contribution in [2.45, 2.75) is 37.0 Å². The van der Waals surface area contributed by atoms with Gasteiger partial charge in [-0.05, 0) is 49.7 Å². The SMILES string of the molecule is Cc1cccc(OC(C)C(=O)N2CC(C)SC2=Nc2cccc(S(=O)(=O)N(C)C)c2)c1. The number of rotatable bonds is 6. The number of amides is 1. The van der Waals surface area contributed by atoms with Gasteiger partial charge >= 0.3 is 0 Å². The van der Waals surface area contributed by atoms with Crippen LogP contribution >= 0.6 is 11.8 Å². The van der Waals surface area contributed by atoms with Crippen molar-refractivity contribution < 1.29 is 17.9 Å². The van der Waals surface area contributed by atoms with E-state index in [0.29, 0.717) is 23.1 Å². The van der Waals surface area contributed by atoms with E-state index in [0.717, 1.165) is 9.87 Å². The minimum absolute atomic E-state index is 0.157. The van der Waals surface area contributed by atoms with Crippen LogP contribution in [-0.2, 0) is 14.8 Å². The molecule has 2 unspecified atom stereocenters. The van der Waals surface area contributed by atoms with Crippen LogP contribution < -0.4 is 4.74 Å². The second kappa shape index (κ2) is 9.42. The summed E-state index contributed by atoms with van der Waals surface area (Å²) in [5, 5.41) is 0.708. The fourth-order valence-electron chi connectivity index (χ4n) is 3.08. The Bertz CT molecular complexity index is 1100. The maximum absolute atomic E-state index is 13.1. The number of benzene rings is 2. The third kappa shape index (κ3) is 5.47. The number of hydrogen-bond donors (Lipinski definition) is 0. The average molecular weight is 462 g/mol. The van der Waals surface area contributed by atoms with Crippen molar-refractivity contribution in [3.8, 4) is 5.75 Å². The lowest BCUT2D eigenvalue weighted by Gasteiger charge is -2.21. The summed E-state index contributed by atoms with van der Waals surface area (Å²) < 4.78 is 31.9. The molecular weight excluding hydrogens is 434 g/mol. The van der Waals surface area contributed by atoms with Crippen LogP contribution in [0.5, 0.6) is 5.75 Å². The summed E-state index contributed by atoms with van der Waals surface area (Å²) in [4.78, 5) is 19.5. The molecule has 2 aromatic carbocycles. The van der Waals surface area contributed by atoms with Crippen LogP contribution in [0, 0.1) is 6.92 Å². The van der Waals surface area contributed by atoms with E-state index in [1.54, 1.807) is 24.0 Å². The van der Waals surface area contributed by atoms with E-state index in [-0.39, 0.29) is 16.1 Å². The van der Waals surface area contributed by atoms with Gasteiger partial charge in [0.1, 0.15) is 5.75 Å². The first-order valence-corrected chi connectivity index (χ1v) is 12.2. The molecule has 9 heteroatoms. The summed E-state index contributed by atoms with van der Waals surface area (Å²) in [6, 6.07) is 14.0. The first kappa shape index (κ1) is 23.3. The Hall–Kier alpha value is -2.36. The monoisotopic (exact) mass is 461 g/mol. The second-order valence-corrected chi connectivity index (χ2v) is 11.2. The van der Waals surface area contributed by atoms with E-state index >= 15 is 0 Å². The molecule has 1 saturated heterocycles. The molecule has 1 aliphatic rings. The molecule has 0 saturated carbocycles. The molecule has 0 spiro atoms. The zero-order valence-corrected chi connectivity index (χ0v) is 19.9. The molecule has 2 aromatic rings. The molecule has 0 aliphatic carbocycles. The minimum atomic E-state index is -3.57. The topological polar surface area (TPSA) is 79.3 Å². The number of hydrogen-bond acceptors (Lipinski definition) is 6. The van der Waals surface area contributed by atoms with E-state index < -0.39 is 16.1 Å². The molecule has 1 aliphatic heterocycles. The number of amidine groups is 1. The molecule has 0 radical (unpaired) electrons. The highest BCUT2D eigenvalue weighted by atomic mass is 32.2. The molecular formula is C22H27N3O4S2. The molecule has 1 fully saturated rings. The van der Waals surface area contributed by atoms with Crippen LogP contribution in [0.15, 0.2) is 58.4 Å². The van der Waals surface area contributed by atoms with Gasteiger partial charge in [-0.15, -0.1) is 0 Å². The molecule has 0 bridgehead atoms. The van der Waals surface area contributed by atoms with Gasteiger partial charge in [0, 0.05) is 25.9 Å². The molecule has 0 aromatic heterocycles. The molecule has 31 heavy (non-hydrogen) atoms. The highest BCUT2D eigenvalue weighted by Crippen LogP contribution is 2.30. The lowest BCUT2D eigenvalue weighted by molar-refractivity contribution is -0.133. The van der Waals surface area contributed by atoms with Gasteiger partial charge in [-0.3, -0.25) is 9.69 Å². The van der Waals surface area contributed by atoms with Crippen molar-refractivity contribution >= 4 is 38.5 Å². The fraction of sp³-hybridized carbons (Fsp3) is 0.364. The maximum atomic E-state index is 13.1. The largest absolute Gasteiger partial charge is 0.481 e. The smallest absolute Gasteiger partial charge is 0.269 e. The highest BCUT2D eigenvalue weighted by Gasteiger charge is 2.34. The Morgan fingerprint density at radius 1 is 1.23 bits per heavy atom. The van der Waals surface area contributed by atoms with Crippen molar-refractivity contribution in [1.82, 2.24) is 9.21 Å². The molecule has 1 heterocycles. The van der Waals surface area contributed by atoms with E-state index in [1.165, 1.54) is 38.0 Å². The van der Waals surface area contributed by atoms with Gasteiger partial charge in [-0.25, -0.2) is 17.7 Å². The molecule has 1 amide bonds. The van der Waals surface area contributed by atoms with Crippen molar-refractivity contribution in [3.63, 3.8) is 0 Å². The van der Waals surface area contributed by atoms with E-state index in [2.05, 4.69) is 4.99 Å². The second-order valence-electron chi connectivity index (χ2n) is 7.63. The van der Waals surface area contributed by atoms with Gasteiger partial charge in [-0.2, -0.15) is 0 Å². The number of thioether (sulfide) groups is 1. The third-order valence-electron chi connectivity index (χ3n) is 4.71. The number of sulfonamides is 1. The number of ether oxygens (including phenoxy) is 1. The standard InChI is InChI=1S/C22H27N3O4S2/c1-15-8-6-10-19(12-15)29-17(3)21(26)25-14-16(2)30-22(25)23-18-9-7-11-20(13-18)31(27,28)24(4)5/h6-13,16-17H,14H2,1-5H3. The molecule has 0 N–H and O–H groups in total. The predicted octanol–water partition coefficient (Wildman–Crippen LogP) is 3.66. The molecule has 3 rings (SSSR count). The summed E-state index contributed by atoms with van der Waals surface area (Å²) in [6.45, 7) is 6.22. The number of carbonyl (C=O) groups is 1. The molecule has 7 nitrogen and oxygen atoms in total. The summed E-state index contributed by atoms with van der Waals surface area (Å²) in [5.74, 6) is 0.454. The van der Waals surface area contributed by atoms with Gasteiger partial charge in [0.25, 0.3) is 5.91 Å². The normalized spacial score (nSPS) is 19.1. The van der Waals surface area contributed by atoms with Crippen LogP contribution in [0.4, 0.5) is 5.69 Å². The van der Waals surface area contributed by atoms with Gasteiger partial charge in [-0.1, -0.05) is 36.9 Å². The maximum Gasteiger partial charge on any atom is 0.269 e. The van der Waals surface area contributed by atoms with Gasteiger partial charge in [0.2, 0.25) is 10.0 Å². The average Bonchev–Trinajstić information content (AvgIpc) is 3.07. The minimum Gasteiger partial charge on any atom is -0.481 e. The van der Waals surface area contributed by atoms with E-state index in [1.807, 2.05) is 38.1 Å². The van der Waals surface area contributed by atoms with Crippen LogP contribution in [0.25, 0.3) is 0 Å². The summed E-state index contributed by atoms with van der Waals surface area (Å²) in [5.41, 5.74) is 1.53. The van der Waals surface area contributed by atoms with Crippen LogP contribution in [0.1, 0.15) is 19.4 Å². The Labute approximate surface area is 188 Å². The van der Waals surface area contributed by atoms with Gasteiger partial charge < -0.3 is 4.74 Å². The molecule has 2 atom stereocenters. The molecule has 166 valence electrons. The van der Waals surface area contributed by atoms with Crippen molar-refractivity contribution in [2.75, 3.05) is 20.6 Å². The zero-order valence-electron chi connectivity index (χ0n) is 18.3. The Morgan fingerprint density at radius 3 is 2.61 bits per heavy atom. The number of nitrogens with zero attached hydrogens (tertiary/aromatic N) is 3. The summed E-state index contributed by atoms with van der Waals surface area (Å²) >= 11 is 1.48. The van der Waals surface area contributed by atoms with Crippen LogP contribution in [-0.4, -0.2) is 60.7 Å². The summed E-state index contributed by atoms with van der Waals surface area (Å²) in [6.07, 6.45) is -0.682. The van der Waals surface area contributed by atoms with E-state index in [9.17, 15) is 13.2 Å². The Balaban J connectivity index is 1.84. The first-order chi connectivity index (χ1) is 14.6. The van der Waals surface area contributed by atoms with Crippen molar-refractivity contribution in [2.24, 2.45) is 4.99 Å². The number of aryl methyl sites for hydroxylation is 1. The first-order valence-electron chi connectivity index (χ1n) is 9.90. The summed E-state index contributed by atoms with van der Waals surface area (Å²) in [7, 11) is -0.599. The van der Waals surface area contributed by atoms with Crippen LogP contribution in [0.3, 0.4) is 0 Å². The van der Waals surface area contributed by atoms with Crippen LogP contribution in [0.2, 0.25) is 0 Å². The third-order valence-corrected chi connectivity index (χ3v) is 7.60. The quantitative estimate of drug-likeness (QED) is 0.656. The Kier molecular flexibility index (Phi) is 7.08. The highest BCUT2D eigenvalue weighted by molar-refractivity contribution is 8.14. The lowest BCUT2D eigenvalue weighted by atomic mass is 10.2. The number of aliphatic imine (C=N–C) groups is 1. The van der Waals surface area contributed by atoms with Gasteiger partial charge in [0.05, 0.1) is 10.6 Å². The number of carbonyl (C=O) groups excluding carboxylic acids is 1. The Morgan fingerprint density at radius 2 is 1.94 bits per heavy atom. The zero-order chi connectivity index (χ0) is 22.8. The predicted molar refractivity (Wildman–Crippen MR) is 124 cm³/mol. The van der Waals surface area contributed by atoms with E-state index in [4.69, 9.17) is 4.74 Å². The lowest BCUT2D eigenvalue weighted by Crippen LogP contribution is -2.41. The van der Waals surface area contributed by atoms with Crippen molar-refractivity contribution in [3.05, 3.63) is 54.1 Å².